The number of aromatic hydroxyl groups is 2. The Morgan fingerprint density at radius 2 is 1.80 bits per heavy atom. The summed E-state index contributed by atoms with van der Waals surface area (Å²) in [5.74, 6) is 0.478. The van der Waals surface area contributed by atoms with Crippen molar-refractivity contribution in [2.24, 2.45) is 0 Å². The molecule has 1 heterocycles. The van der Waals surface area contributed by atoms with Gasteiger partial charge in [0.05, 0.1) is 0 Å². The van der Waals surface area contributed by atoms with E-state index >= 15 is 0 Å². The molecule has 1 aliphatic rings. The minimum Gasteiger partial charge on any atom is -0.504 e. The number of phenols is 2. The van der Waals surface area contributed by atoms with Crippen LogP contribution >= 0.6 is 0 Å². The molecule has 0 unspecified atom stereocenters. The highest BCUT2D eigenvalue weighted by atomic mass is 16.3. The molecule has 1 fully saturated rings. The van der Waals surface area contributed by atoms with Crippen LogP contribution in [0.3, 0.4) is 0 Å². The van der Waals surface area contributed by atoms with Crippen LogP contribution in [0, 0.1) is 0 Å². The summed E-state index contributed by atoms with van der Waals surface area (Å²) in [6.07, 6.45) is 2.25. The third-order valence-corrected chi connectivity index (χ3v) is 3.19. The van der Waals surface area contributed by atoms with Crippen LogP contribution in [0.15, 0.2) is 18.2 Å². The van der Waals surface area contributed by atoms with Crippen LogP contribution in [0.1, 0.15) is 24.3 Å². The number of phenolic OH excluding ortho intramolecular Hbond substituents is 2. The van der Waals surface area contributed by atoms with Gasteiger partial charge in [0.25, 0.3) is 0 Å². The predicted octanol–water partition coefficient (Wildman–Crippen LogP) is 1.91. The standard InChI is InChI=1S/C12H17NO2/c1-13-6-4-9(5-7-13)10-2-3-11(14)12(15)8-10/h2-3,8-9,14-15H,4-7H2,1H3. The zero-order valence-corrected chi connectivity index (χ0v) is 8.98. The maximum Gasteiger partial charge on any atom is 0.157 e. The monoisotopic (exact) mass is 207 g/mol. The minimum atomic E-state index is -0.0355. The van der Waals surface area contributed by atoms with Crippen molar-refractivity contribution >= 4 is 0 Å². The number of rotatable bonds is 1. The molecule has 0 aromatic heterocycles. The number of hydrogen-bond acceptors (Lipinski definition) is 3. The van der Waals surface area contributed by atoms with E-state index in [-0.39, 0.29) is 11.5 Å². The molecule has 1 aliphatic heterocycles. The minimum absolute atomic E-state index is 0.00794. The van der Waals surface area contributed by atoms with E-state index in [9.17, 15) is 10.2 Å². The normalized spacial score (nSPS) is 19.3. The third-order valence-electron chi connectivity index (χ3n) is 3.19. The zero-order chi connectivity index (χ0) is 10.8. The first kappa shape index (κ1) is 10.3. The third kappa shape index (κ3) is 2.23. The van der Waals surface area contributed by atoms with Crippen LogP contribution in [0.5, 0.6) is 11.5 Å². The second-order valence-corrected chi connectivity index (χ2v) is 4.33. The Labute approximate surface area is 90.0 Å². The summed E-state index contributed by atoms with van der Waals surface area (Å²) >= 11 is 0. The summed E-state index contributed by atoms with van der Waals surface area (Å²) in [7, 11) is 2.13. The van der Waals surface area contributed by atoms with E-state index < -0.39 is 0 Å². The quantitative estimate of drug-likeness (QED) is 0.691. The highest BCUT2D eigenvalue weighted by Gasteiger charge is 2.18. The van der Waals surface area contributed by atoms with Crippen LogP contribution in [0.25, 0.3) is 0 Å². The van der Waals surface area contributed by atoms with Crippen molar-refractivity contribution < 1.29 is 10.2 Å². The number of piperidine rings is 1. The van der Waals surface area contributed by atoms with Crippen molar-refractivity contribution in [3.8, 4) is 11.5 Å². The summed E-state index contributed by atoms with van der Waals surface area (Å²) < 4.78 is 0. The number of hydrogen-bond donors (Lipinski definition) is 2. The summed E-state index contributed by atoms with van der Waals surface area (Å²) in [5, 5.41) is 18.6. The van der Waals surface area contributed by atoms with E-state index in [0.717, 1.165) is 31.5 Å². The van der Waals surface area contributed by atoms with E-state index in [1.165, 1.54) is 0 Å². The molecule has 0 amide bonds. The van der Waals surface area contributed by atoms with Crippen molar-refractivity contribution in [1.29, 1.82) is 0 Å². The Bertz CT molecular complexity index is 343. The maximum absolute atomic E-state index is 9.42. The summed E-state index contributed by atoms with van der Waals surface area (Å²) in [5.41, 5.74) is 1.14. The molecule has 0 saturated carbocycles. The molecule has 1 aromatic rings. The van der Waals surface area contributed by atoms with Crippen molar-refractivity contribution in [2.75, 3.05) is 20.1 Å². The fourth-order valence-electron chi connectivity index (χ4n) is 2.14. The second-order valence-electron chi connectivity index (χ2n) is 4.33. The molecule has 3 nitrogen and oxygen atoms in total. The van der Waals surface area contributed by atoms with E-state index in [0.29, 0.717) is 5.92 Å². The Hall–Kier alpha value is -1.22. The van der Waals surface area contributed by atoms with Gasteiger partial charge in [-0.2, -0.15) is 0 Å². The van der Waals surface area contributed by atoms with E-state index in [2.05, 4.69) is 11.9 Å². The van der Waals surface area contributed by atoms with Gasteiger partial charge in [-0.1, -0.05) is 6.07 Å². The van der Waals surface area contributed by atoms with Crippen molar-refractivity contribution in [1.82, 2.24) is 4.90 Å². The first-order chi connectivity index (χ1) is 7.16. The molecule has 0 aliphatic carbocycles. The molecule has 0 spiro atoms. The van der Waals surface area contributed by atoms with Gasteiger partial charge in [0.1, 0.15) is 0 Å². The molecule has 2 N–H and O–H groups in total. The smallest absolute Gasteiger partial charge is 0.157 e. The zero-order valence-electron chi connectivity index (χ0n) is 8.98. The fraction of sp³-hybridized carbons (Fsp3) is 0.500. The van der Waals surface area contributed by atoms with E-state index in [1.54, 1.807) is 12.1 Å². The van der Waals surface area contributed by atoms with Gasteiger partial charge >= 0.3 is 0 Å². The summed E-state index contributed by atoms with van der Waals surface area (Å²) in [6.45, 7) is 2.21. The average molecular weight is 207 g/mol. The lowest BCUT2D eigenvalue weighted by atomic mass is 9.89. The van der Waals surface area contributed by atoms with Gasteiger partial charge in [-0.25, -0.2) is 0 Å². The Morgan fingerprint density at radius 1 is 1.13 bits per heavy atom. The van der Waals surface area contributed by atoms with Crippen LogP contribution < -0.4 is 0 Å². The molecule has 82 valence electrons. The Kier molecular flexibility index (Phi) is 2.82. The molecule has 2 rings (SSSR count). The van der Waals surface area contributed by atoms with Crippen molar-refractivity contribution in [3.05, 3.63) is 23.8 Å². The van der Waals surface area contributed by atoms with Gasteiger partial charge in [0, 0.05) is 0 Å². The van der Waals surface area contributed by atoms with Gasteiger partial charge < -0.3 is 15.1 Å². The number of nitrogens with zero attached hydrogens (tertiary/aromatic N) is 1. The lowest BCUT2D eigenvalue weighted by molar-refractivity contribution is 0.255. The van der Waals surface area contributed by atoms with E-state index in [4.69, 9.17) is 0 Å². The number of likely N-dealkylation sites (tertiary alicyclic amines) is 1. The van der Waals surface area contributed by atoms with Gasteiger partial charge in [-0.05, 0) is 56.6 Å². The average Bonchev–Trinajstić information content (AvgIpc) is 2.23. The molecule has 1 saturated heterocycles. The molecule has 0 bridgehead atoms. The van der Waals surface area contributed by atoms with Gasteiger partial charge in [-0.15, -0.1) is 0 Å². The van der Waals surface area contributed by atoms with Crippen molar-refractivity contribution in [3.63, 3.8) is 0 Å². The maximum atomic E-state index is 9.42. The largest absolute Gasteiger partial charge is 0.504 e. The SMILES string of the molecule is CN1CCC(c2ccc(O)c(O)c2)CC1. The lowest BCUT2D eigenvalue weighted by Gasteiger charge is -2.29. The second kappa shape index (κ2) is 4.11. The van der Waals surface area contributed by atoms with Crippen LogP contribution in [-0.2, 0) is 0 Å². The van der Waals surface area contributed by atoms with Gasteiger partial charge in [-0.3, -0.25) is 0 Å². The van der Waals surface area contributed by atoms with Gasteiger partial charge in [0.2, 0.25) is 0 Å². The van der Waals surface area contributed by atoms with Crippen LogP contribution in [0.4, 0.5) is 0 Å². The molecule has 1 aromatic carbocycles. The molecule has 0 atom stereocenters. The number of benzene rings is 1. The summed E-state index contributed by atoms with van der Waals surface area (Å²) in [6, 6.07) is 5.17. The van der Waals surface area contributed by atoms with Crippen molar-refractivity contribution in [2.45, 2.75) is 18.8 Å². The fourth-order valence-corrected chi connectivity index (χ4v) is 2.14. The van der Waals surface area contributed by atoms with Crippen LogP contribution in [0.2, 0.25) is 0 Å². The Balaban J connectivity index is 2.12. The summed E-state index contributed by atoms with van der Waals surface area (Å²) in [4.78, 5) is 2.32. The lowest BCUT2D eigenvalue weighted by Crippen LogP contribution is -2.29. The highest BCUT2D eigenvalue weighted by Crippen LogP contribution is 2.33. The Morgan fingerprint density at radius 3 is 2.40 bits per heavy atom. The predicted molar refractivity (Wildman–Crippen MR) is 59.2 cm³/mol. The molecule has 3 heteroatoms. The molecule has 15 heavy (non-hydrogen) atoms. The topological polar surface area (TPSA) is 43.7 Å². The van der Waals surface area contributed by atoms with E-state index in [1.807, 2.05) is 6.07 Å². The molecular formula is C12H17NO2. The van der Waals surface area contributed by atoms with Crippen LogP contribution in [-0.4, -0.2) is 35.3 Å². The molecule has 0 radical (unpaired) electrons. The molecular weight excluding hydrogens is 190 g/mol. The highest BCUT2D eigenvalue weighted by molar-refractivity contribution is 5.41. The first-order valence-electron chi connectivity index (χ1n) is 5.37. The van der Waals surface area contributed by atoms with Gasteiger partial charge in [0.15, 0.2) is 11.5 Å². The first-order valence-corrected chi connectivity index (χ1v) is 5.37.